The number of nitrogens with one attached hydrogen (secondary N) is 1. The second-order valence-corrected chi connectivity index (χ2v) is 6.43. The lowest BCUT2D eigenvalue weighted by atomic mass is 9.76. The third kappa shape index (κ3) is 2.22. The molecule has 1 aliphatic heterocycles. The molecule has 2 N–H and O–H groups in total. The van der Waals surface area contributed by atoms with E-state index in [0.29, 0.717) is 11.8 Å². The molecule has 1 saturated carbocycles. The second kappa shape index (κ2) is 4.90. The minimum atomic E-state index is -0.917. The summed E-state index contributed by atoms with van der Waals surface area (Å²) in [6, 6.07) is 6.73. The fraction of sp³-hybridized carbons (Fsp3) is 0.500. The zero-order valence-corrected chi connectivity index (χ0v) is 11.7. The van der Waals surface area contributed by atoms with Crippen molar-refractivity contribution in [1.82, 2.24) is 0 Å². The van der Waals surface area contributed by atoms with E-state index in [1.807, 2.05) is 0 Å². The van der Waals surface area contributed by atoms with Crippen molar-refractivity contribution in [2.75, 3.05) is 13.2 Å². The molecule has 3 atom stereocenters. The van der Waals surface area contributed by atoms with Crippen LogP contribution in [0.15, 0.2) is 36.4 Å². The summed E-state index contributed by atoms with van der Waals surface area (Å²) in [6.45, 7) is 1.45. The molecule has 2 bridgehead atoms. The van der Waals surface area contributed by atoms with Gasteiger partial charge in [0.1, 0.15) is 0 Å². The lowest BCUT2D eigenvalue weighted by Crippen LogP contribution is -2.99. The van der Waals surface area contributed by atoms with Crippen LogP contribution in [0.2, 0.25) is 0 Å². The van der Waals surface area contributed by atoms with Crippen molar-refractivity contribution >= 4 is 5.69 Å². The quantitative estimate of drug-likeness (QED) is 0.642. The van der Waals surface area contributed by atoms with E-state index in [9.17, 15) is 5.21 Å². The van der Waals surface area contributed by atoms with Gasteiger partial charge in [-0.05, 0) is 36.8 Å². The lowest BCUT2D eigenvalue weighted by molar-refractivity contribution is -0.991. The molecule has 1 aromatic carbocycles. The van der Waals surface area contributed by atoms with Gasteiger partial charge in [0.05, 0.1) is 13.2 Å². The molecule has 2 aliphatic carbocycles. The van der Waals surface area contributed by atoms with Crippen LogP contribution in [0.25, 0.3) is 0 Å². The van der Waals surface area contributed by atoms with Crippen LogP contribution in [0.4, 0.5) is 5.69 Å². The Kier molecular flexibility index (Phi) is 3.13. The summed E-state index contributed by atoms with van der Waals surface area (Å²) in [5.74, 6) is 1.30. The number of rotatable bonds is 2. The molecule has 2 fully saturated rings. The van der Waals surface area contributed by atoms with Crippen molar-refractivity contribution in [2.45, 2.75) is 19.1 Å². The van der Waals surface area contributed by atoms with Gasteiger partial charge in [-0.25, -0.2) is 5.21 Å². The largest absolute Gasteiger partial charge is 0.595 e. The highest BCUT2D eigenvalue weighted by Gasteiger charge is 2.51. The van der Waals surface area contributed by atoms with Crippen LogP contribution in [0.1, 0.15) is 24.7 Å². The number of hydrogen-bond acceptors (Lipinski definition) is 4. The van der Waals surface area contributed by atoms with Crippen molar-refractivity contribution in [2.24, 2.45) is 17.3 Å². The summed E-state index contributed by atoms with van der Waals surface area (Å²) in [5.41, 5.74) is 1.33. The Balaban J connectivity index is 1.44. The Morgan fingerprint density at radius 2 is 1.86 bits per heavy atom. The molecule has 1 spiro atoms. The van der Waals surface area contributed by atoms with Gasteiger partial charge in [0.15, 0.2) is 12.0 Å². The van der Waals surface area contributed by atoms with Crippen molar-refractivity contribution in [3.8, 4) is 0 Å². The minimum Gasteiger partial charge on any atom is -0.595 e. The zero-order valence-electron chi connectivity index (χ0n) is 11.7. The number of hydrogen-bond donors (Lipinski definition) is 2. The highest BCUT2D eigenvalue weighted by atomic mass is 16.8. The molecule has 1 aromatic rings. The number of ether oxygens (including phenoxy) is 2. The normalized spacial score (nSPS) is 39.0. The predicted molar refractivity (Wildman–Crippen MR) is 74.7 cm³/mol. The predicted octanol–water partition coefficient (Wildman–Crippen LogP) is 1.72. The van der Waals surface area contributed by atoms with Gasteiger partial charge in [-0.1, -0.05) is 12.2 Å². The van der Waals surface area contributed by atoms with E-state index in [-0.39, 0.29) is 17.4 Å². The Hall–Kier alpha value is -1.24. The monoisotopic (exact) mass is 289 g/mol. The Labute approximate surface area is 123 Å². The number of benzene rings is 1. The Morgan fingerprint density at radius 3 is 2.38 bits per heavy atom. The molecule has 1 heterocycles. The van der Waals surface area contributed by atoms with Crippen LogP contribution in [-0.4, -0.2) is 18.4 Å². The van der Waals surface area contributed by atoms with Crippen molar-refractivity contribution < 1.29 is 19.9 Å². The summed E-state index contributed by atoms with van der Waals surface area (Å²) in [6.07, 6.45) is 6.68. The van der Waals surface area contributed by atoms with Crippen LogP contribution >= 0.6 is 0 Å². The molecule has 4 rings (SSSR count). The fourth-order valence-electron chi connectivity index (χ4n) is 3.93. The molecule has 5 nitrogen and oxygen atoms in total. The van der Waals surface area contributed by atoms with Crippen molar-refractivity contribution in [1.29, 1.82) is 0 Å². The summed E-state index contributed by atoms with van der Waals surface area (Å²) in [7, 11) is 0. The highest BCUT2D eigenvalue weighted by molar-refractivity contribution is 5.33. The first-order chi connectivity index (χ1) is 10.2. The SMILES string of the molecule is [O-][NH+](O)c1ccc(C2OCC3(CO2)C[C@@H]2C=C[C@@H]3C2)cc1. The first-order valence-electron chi connectivity index (χ1n) is 7.41. The average Bonchev–Trinajstić information content (AvgIpc) is 3.09. The lowest BCUT2D eigenvalue weighted by Gasteiger charge is -2.41. The minimum absolute atomic E-state index is 0.164. The third-order valence-corrected chi connectivity index (χ3v) is 5.10. The van der Waals surface area contributed by atoms with Gasteiger partial charge in [-0.15, -0.1) is 0 Å². The molecule has 0 amide bonds. The number of fused-ring (bicyclic) bond motifs is 3. The van der Waals surface area contributed by atoms with E-state index in [4.69, 9.17) is 14.7 Å². The van der Waals surface area contributed by atoms with Crippen LogP contribution in [0, 0.1) is 22.5 Å². The molecule has 1 saturated heterocycles. The van der Waals surface area contributed by atoms with Crippen LogP contribution in [0.3, 0.4) is 0 Å². The average molecular weight is 289 g/mol. The van der Waals surface area contributed by atoms with E-state index in [0.717, 1.165) is 18.8 Å². The maximum absolute atomic E-state index is 10.9. The summed E-state index contributed by atoms with van der Waals surface area (Å²) in [4.78, 5) is 0. The first-order valence-corrected chi connectivity index (χ1v) is 7.41. The van der Waals surface area contributed by atoms with Gasteiger partial charge in [0, 0.05) is 23.1 Å². The van der Waals surface area contributed by atoms with Gasteiger partial charge in [0.2, 0.25) is 0 Å². The van der Waals surface area contributed by atoms with Crippen LogP contribution < -0.4 is 5.23 Å². The number of allylic oxidation sites excluding steroid dienone is 2. The van der Waals surface area contributed by atoms with Crippen LogP contribution in [0.5, 0.6) is 0 Å². The summed E-state index contributed by atoms with van der Waals surface area (Å²) >= 11 is 0. The topological polar surface area (TPSA) is 66.2 Å². The smallest absolute Gasteiger partial charge is 0.183 e. The summed E-state index contributed by atoms with van der Waals surface area (Å²) < 4.78 is 11.9. The molecular formula is C16H19NO4. The molecule has 5 heteroatoms. The molecule has 1 unspecified atom stereocenters. The Bertz CT molecular complexity index is 546. The summed E-state index contributed by atoms with van der Waals surface area (Å²) in [5, 5.41) is 18.9. The van der Waals surface area contributed by atoms with E-state index in [2.05, 4.69) is 12.2 Å². The third-order valence-electron chi connectivity index (χ3n) is 5.10. The molecule has 3 aliphatic rings. The van der Waals surface area contributed by atoms with Gasteiger partial charge in [-0.3, -0.25) is 0 Å². The van der Waals surface area contributed by atoms with Gasteiger partial charge < -0.3 is 14.7 Å². The van der Waals surface area contributed by atoms with Gasteiger partial charge >= 0.3 is 0 Å². The van der Waals surface area contributed by atoms with E-state index in [1.165, 1.54) is 12.8 Å². The second-order valence-electron chi connectivity index (χ2n) is 6.43. The molecular weight excluding hydrogens is 270 g/mol. The Morgan fingerprint density at radius 1 is 1.14 bits per heavy atom. The van der Waals surface area contributed by atoms with E-state index >= 15 is 0 Å². The first kappa shape index (κ1) is 13.4. The molecule has 0 radical (unpaired) electrons. The van der Waals surface area contributed by atoms with Gasteiger partial charge in [0.25, 0.3) is 0 Å². The van der Waals surface area contributed by atoms with E-state index in [1.54, 1.807) is 24.3 Å². The molecule has 21 heavy (non-hydrogen) atoms. The fourth-order valence-corrected chi connectivity index (χ4v) is 3.93. The van der Waals surface area contributed by atoms with Crippen molar-refractivity contribution in [3.05, 3.63) is 47.2 Å². The van der Waals surface area contributed by atoms with Crippen molar-refractivity contribution in [3.63, 3.8) is 0 Å². The van der Waals surface area contributed by atoms with E-state index < -0.39 is 5.23 Å². The molecule has 112 valence electrons. The van der Waals surface area contributed by atoms with Gasteiger partial charge in [-0.2, -0.15) is 5.23 Å². The highest BCUT2D eigenvalue weighted by Crippen LogP contribution is 2.54. The zero-order chi connectivity index (χ0) is 14.4. The molecule has 0 aromatic heterocycles. The standard InChI is InChI=1S/C16H19NO4/c18-17(19)14-5-2-12(3-6-14)15-20-9-16(10-21-15)8-11-1-4-13(16)7-11/h1-6,11,13,15,17-18H,7-10H2/t11-,13-,15?,16?/m1/s1. The van der Waals surface area contributed by atoms with Crippen LogP contribution in [-0.2, 0) is 9.47 Å². The maximum atomic E-state index is 10.9. The number of quaternary nitrogens is 1. The maximum Gasteiger partial charge on any atom is 0.183 e.